The lowest BCUT2D eigenvalue weighted by molar-refractivity contribution is -0.121. The van der Waals surface area contributed by atoms with Gasteiger partial charge in [0.05, 0.1) is 7.11 Å². The molecule has 6 heteroatoms. The maximum absolute atomic E-state index is 12.3. The van der Waals surface area contributed by atoms with Gasteiger partial charge in [0.15, 0.2) is 0 Å². The Morgan fingerprint density at radius 1 is 1.32 bits per heavy atom. The number of allylic oxidation sites excluding steroid dienone is 4. The fourth-order valence-corrected chi connectivity index (χ4v) is 5.18. The summed E-state index contributed by atoms with van der Waals surface area (Å²) >= 11 is 0. The third-order valence-corrected chi connectivity index (χ3v) is 7.03. The Balaban J connectivity index is 1.34. The van der Waals surface area contributed by atoms with Crippen molar-refractivity contribution in [1.82, 2.24) is 5.32 Å². The van der Waals surface area contributed by atoms with Gasteiger partial charge in [-0.2, -0.15) is 0 Å². The van der Waals surface area contributed by atoms with Gasteiger partial charge >= 0.3 is 5.97 Å². The van der Waals surface area contributed by atoms with Gasteiger partial charge in [-0.05, 0) is 62.8 Å². The summed E-state index contributed by atoms with van der Waals surface area (Å²) in [5.74, 6) is 2.04. The van der Waals surface area contributed by atoms with Crippen LogP contribution < -0.4 is 10.1 Å². The predicted octanol–water partition coefficient (Wildman–Crippen LogP) is 3.98. The van der Waals surface area contributed by atoms with Crippen LogP contribution in [0.3, 0.4) is 0 Å². The molecular weight excluding hydrogens is 394 g/mol. The largest absolute Gasteiger partial charge is 0.507 e. The number of carbonyl (C=O) groups excluding carboxylic acids is 2. The van der Waals surface area contributed by atoms with E-state index in [1.54, 1.807) is 7.11 Å². The minimum atomic E-state index is -0.497. The molecule has 31 heavy (non-hydrogen) atoms. The minimum absolute atomic E-state index is 0.0679. The Kier molecular flexibility index (Phi) is 6.08. The second kappa shape index (κ2) is 8.77. The van der Waals surface area contributed by atoms with Gasteiger partial charge in [0, 0.05) is 24.1 Å². The summed E-state index contributed by atoms with van der Waals surface area (Å²) in [5.41, 5.74) is 3.38. The number of esters is 1. The SMILES string of the molecule is COc1c(C)c2c(c(O)c1C/C=C(\C)CCC(=O)NCC1CC3C=CC1C3)C(=O)OC2. The van der Waals surface area contributed by atoms with Gasteiger partial charge in [-0.15, -0.1) is 0 Å². The van der Waals surface area contributed by atoms with Gasteiger partial charge < -0.3 is 19.9 Å². The molecule has 3 atom stereocenters. The van der Waals surface area contributed by atoms with E-state index >= 15 is 0 Å². The van der Waals surface area contributed by atoms with Crippen LogP contribution in [0.2, 0.25) is 0 Å². The number of hydrogen-bond donors (Lipinski definition) is 2. The molecule has 4 rings (SSSR count). The Morgan fingerprint density at radius 2 is 2.13 bits per heavy atom. The first kappa shape index (κ1) is 21.5. The lowest BCUT2D eigenvalue weighted by Gasteiger charge is -2.18. The number of amides is 1. The lowest BCUT2D eigenvalue weighted by Crippen LogP contribution is -2.30. The number of rotatable bonds is 8. The number of phenols is 1. The van der Waals surface area contributed by atoms with Crippen LogP contribution in [-0.4, -0.2) is 30.6 Å². The van der Waals surface area contributed by atoms with Crippen LogP contribution in [0.5, 0.6) is 11.5 Å². The van der Waals surface area contributed by atoms with Crippen molar-refractivity contribution in [3.63, 3.8) is 0 Å². The smallest absolute Gasteiger partial charge is 0.342 e. The van der Waals surface area contributed by atoms with E-state index in [-0.39, 0.29) is 23.8 Å². The Hall–Kier alpha value is -2.76. The van der Waals surface area contributed by atoms with Crippen LogP contribution in [-0.2, 0) is 22.6 Å². The van der Waals surface area contributed by atoms with E-state index in [1.807, 2.05) is 19.9 Å². The summed E-state index contributed by atoms with van der Waals surface area (Å²) in [7, 11) is 1.56. The number of methoxy groups -OCH3 is 1. The molecule has 2 aliphatic carbocycles. The van der Waals surface area contributed by atoms with E-state index in [0.29, 0.717) is 48.0 Å². The van der Waals surface area contributed by atoms with Crippen molar-refractivity contribution in [3.05, 3.63) is 46.1 Å². The van der Waals surface area contributed by atoms with E-state index < -0.39 is 5.97 Å². The maximum atomic E-state index is 12.3. The summed E-state index contributed by atoms with van der Waals surface area (Å²) in [5, 5.41) is 13.8. The number of fused-ring (bicyclic) bond motifs is 3. The zero-order chi connectivity index (χ0) is 22.1. The molecule has 2 bridgehead atoms. The molecule has 3 unspecified atom stereocenters. The molecule has 0 aromatic heterocycles. The van der Waals surface area contributed by atoms with Gasteiger partial charge in [0.25, 0.3) is 0 Å². The monoisotopic (exact) mass is 425 g/mol. The van der Waals surface area contributed by atoms with E-state index in [9.17, 15) is 14.7 Å². The molecule has 1 amide bonds. The van der Waals surface area contributed by atoms with Crippen molar-refractivity contribution in [1.29, 1.82) is 0 Å². The van der Waals surface area contributed by atoms with E-state index in [4.69, 9.17) is 9.47 Å². The number of hydrogen-bond acceptors (Lipinski definition) is 5. The summed E-state index contributed by atoms with van der Waals surface area (Å²) in [4.78, 5) is 24.3. The van der Waals surface area contributed by atoms with Crippen molar-refractivity contribution < 1.29 is 24.2 Å². The third kappa shape index (κ3) is 4.21. The van der Waals surface area contributed by atoms with Crippen LogP contribution >= 0.6 is 0 Å². The number of nitrogens with one attached hydrogen (secondary N) is 1. The second-order valence-corrected chi connectivity index (χ2v) is 9.01. The summed E-state index contributed by atoms with van der Waals surface area (Å²) in [6, 6.07) is 0. The zero-order valence-corrected chi connectivity index (χ0v) is 18.5. The van der Waals surface area contributed by atoms with Gasteiger partial charge in [-0.3, -0.25) is 4.79 Å². The first-order chi connectivity index (χ1) is 14.9. The summed E-state index contributed by atoms with van der Waals surface area (Å²) in [6.07, 6.45) is 10.6. The highest BCUT2D eigenvalue weighted by Crippen LogP contribution is 2.43. The van der Waals surface area contributed by atoms with Crippen LogP contribution in [0.4, 0.5) is 0 Å². The first-order valence-electron chi connectivity index (χ1n) is 11.1. The normalized spacial score (nSPS) is 23.8. The van der Waals surface area contributed by atoms with Crippen molar-refractivity contribution in [2.45, 2.75) is 52.6 Å². The number of ether oxygens (including phenoxy) is 2. The van der Waals surface area contributed by atoms with E-state index in [2.05, 4.69) is 17.5 Å². The highest BCUT2D eigenvalue weighted by atomic mass is 16.5. The highest BCUT2D eigenvalue weighted by Gasteiger charge is 2.35. The number of benzene rings is 1. The summed E-state index contributed by atoms with van der Waals surface area (Å²) in [6.45, 7) is 4.77. The number of cyclic esters (lactones) is 1. The van der Waals surface area contributed by atoms with Crippen molar-refractivity contribution in [2.75, 3.05) is 13.7 Å². The topological polar surface area (TPSA) is 84.9 Å². The third-order valence-electron chi connectivity index (χ3n) is 7.03. The minimum Gasteiger partial charge on any atom is -0.507 e. The molecule has 0 radical (unpaired) electrons. The molecular formula is C25H31NO5. The molecule has 0 spiro atoms. The average Bonchev–Trinajstić information content (AvgIpc) is 3.48. The molecule has 2 N–H and O–H groups in total. The predicted molar refractivity (Wildman–Crippen MR) is 117 cm³/mol. The Bertz CT molecular complexity index is 961. The number of phenolic OH excluding ortho intramolecular Hbond substituents is 1. The van der Waals surface area contributed by atoms with Gasteiger partial charge in [0.1, 0.15) is 23.7 Å². The van der Waals surface area contributed by atoms with Gasteiger partial charge in [0.2, 0.25) is 5.91 Å². The molecule has 0 saturated heterocycles. The lowest BCUT2D eigenvalue weighted by atomic mass is 9.93. The van der Waals surface area contributed by atoms with Crippen molar-refractivity contribution >= 4 is 11.9 Å². The molecule has 6 nitrogen and oxygen atoms in total. The highest BCUT2D eigenvalue weighted by molar-refractivity contribution is 5.98. The quantitative estimate of drug-likeness (QED) is 0.486. The fourth-order valence-electron chi connectivity index (χ4n) is 5.18. The molecule has 166 valence electrons. The number of carbonyl (C=O) groups is 2. The van der Waals surface area contributed by atoms with Crippen LogP contribution in [0, 0.1) is 24.7 Å². The fraction of sp³-hybridized carbons (Fsp3) is 0.520. The molecule has 1 aromatic rings. The summed E-state index contributed by atoms with van der Waals surface area (Å²) < 4.78 is 10.6. The number of aromatic hydroxyl groups is 1. The van der Waals surface area contributed by atoms with Crippen molar-refractivity contribution in [2.24, 2.45) is 17.8 Å². The average molecular weight is 426 g/mol. The standard InChI is InChI=1S/C25H31NO5/c1-14(5-9-21(27)26-12-18-11-16-6-7-17(18)10-16)4-8-19-23(28)22-20(13-31-25(22)29)15(2)24(19)30-3/h4,6-7,16-18,28H,5,8-13H2,1-3H3,(H,26,27)/b14-4+. The first-order valence-corrected chi connectivity index (χ1v) is 11.1. The second-order valence-electron chi connectivity index (χ2n) is 9.01. The molecule has 1 aromatic carbocycles. The molecule has 1 fully saturated rings. The van der Waals surface area contributed by atoms with Crippen LogP contribution in [0.15, 0.2) is 23.8 Å². The molecule has 1 saturated carbocycles. The van der Waals surface area contributed by atoms with E-state index in [0.717, 1.165) is 23.6 Å². The van der Waals surface area contributed by atoms with E-state index in [1.165, 1.54) is 12.8 Å². The van der Waals surface area contributed by atoms with Crippen LogP contribution in [0.1, 0.15) is 59.7 Å². The van der Waals surface area contributed by atoms with Gasteiger partial charge in [-0.1, -0.05) is 23.8 Å². The maximum Gasteiger partial charge on any atom is 0.342 e. The zero-order valence-electron chi connectivity index (χ0n) is 18.5. The Labute approximate surface area is 183 Å². The molecule has 1 aliphatic heterocycles. The van der Waals surface area contributed by atoms with Crippen molar-refractivity contribution in [3.8, 4) is 11.5 Å². The Morgan fingerprint density at radius 3 is 2.81 bits per heavy atom. The molecule has 1 heterocycles. The van der Waals surface area contributed by atoms with Crippen LogP contribution in [0.25, 0.3) is 0 Å². The molecule has 3 aliphatic rings. The van der Waals surface area contributed by atoms with Gasteiger partial charge in [-0.25, -0.2) is 4.79 Å².